The summed E-state index contributed by atoms with van der Waals surface area (Å²) in [7, 11) is 0. The molecule has 1 heterocycles. The molecule has 1 fully saturated rings. The summed E-state index contributed by atoms with van der Waals surface area (Å²) in [6, 6.07) is 6.30. The van der Waals surface area contributed by atoms with E-state index in [0.717, 1.165) is 23.1 Å². The zero-order valence-corrected chi connectivity index (χ0v) is 11.0. The summed E-state index contributed by atoms with van der Waals surface area (Å²) in [5.74, 6) is 0. The molecule has 0 saturated heterocycles. The van der Waals surface area contributed by atoms with Gasteiger partial charge in [0.15, 0.2) is 5.13 Å². The summed E-state index contributed by atoms with van der Waals surface area (Å²) in [5, 5.41) is 6.40. The summed E-state index contributed by atoms with van der Waals surface area (Å²) in [5.41, 5.74) is 2.14. The molecule has 0 bridgehead atoms. The molecule has 1 aromatic carbocycles. The lowest BCUT2D eigenvalue weighted by molar-refractivity contribution is 0.240. The van der Waals surface area contributed by atoms with Crippen LogP contribution in [0.2, 0.25) is 0 Å². The van der Waals surface area contributed by atoms with Gasteiger partial charge in [-0.2, -0.15) is 0 Å². The van der Waals surface area contributed by atoms with E-state index >= 15 is 0 Å². The lowest BCUT2D eigenvalue weighted by atomic mass is 9.93. The molecule has 4 nitrogen and oxygen atoms in total. The highest BCUT2D eigenvalue weighted by atomic mass is 32.1. The fraction of sp³-hybridized carbons (Fsp3) is 0.385. The number of hydrogen-bond acceptors (Lipinski definition) is 3. The van der Waals surface area contributed by atoms with Crippen LogP contribution in [0.25, 0.3) is 10.2 Å². The van der Waals surface area contributed by atoms with Crippen molar-refractivity contribution < 1.29 is 4.79 Å². The monoisotopic (exact) mass is 261 g/mol. The lowest BCUT2D eigenvalue weighted by Crippen LogP contribution is -2.41. The number of benzene rings is 1. The Hall–Kier alpha value is -1.62. The molecule has 2 aromatic rings. The Morgan fingerprint density at radius 1 is 1.44 bits per heavy atom. The summed E-state index contributed by atoms with van der Waals surface area (Å²) in [4.78, 5) is 16.1. The summed E-state index contributed by atoms with van der Waals surface area (Å²) < 4.78 is 1.11. The maximum atomic E-state index is 11.7. The summed E-state index contributed by atoms with van der Waals surface area (Å²) >= 11 is 1.51. The second-order valence-electron chi connectivity index (χ2n) is 4.72. The molecular weight excluding hydrogens is 246 g/mol. The van der Waals surface area contributed by atoms with Crippen LogP contribution in [0.1, 0.15) is 24.8 Å². The zero-order chi connectivity index (χ0) is 12.5. The molecule has 5 heteroatoms. The molecular formula is C13H15N3OS. The Kier molecular flexibility index (Phi) is 2.91. The van der Waals surface area contributed by atoms with E-state index in [0.29, 0.717) is 11.2 Å². The molecule has 0 atom stereocenters. The van der Waals surface area contributed by atoms with E-state index in [2.05, 4.69) is 28.6 Å². The zero-order valence-electron chi connectivity index (χ0n) is 10.2. The van der Waals surface area contributed by atoms with Crippen LogP contribution in [0.3, 0.4) is 0 Å². The van der Waals surface area contributed by atoms with Crippen LogP contribution in [-0.2, 0) is 0 Å². The highest BCUT2D eigenvalue weighted by molar-refractivity contribution is 7.22. The molecule has 94 valence electrons. The van der Waals surface area contributed by atoms with Crippen LogP contribution in [0.4, 0.5) is 9.93 Å². The first-order valence-electron chi connectivity index (χ1n) is 6.15. The lowest BCUT2D eigenvalue weighted by Gasteiger charge is -2.26. The van der Waals surface area contributed by atoms with Gasteiger partial charge in [0.05, 0.1) is 10.2 Å². The normalized spacial score (nSPS) is 15.4. The van der Waals surface area contributed by atoms with E-state index in [1.165, 1.54) is 23.3 Å². The van der Waals surface area contributed by atoms with E-state index in [9.17, 15) is 4.79 Å². The Balaban J connectivity index is 1.71. The Labute approximate surface area is 109 Å². The van der Waals surface area contributed by atoms with Gasteiger partial charge in [0.1, 0.15) is 0 Å². The average Bonchev–Trinajstić information content (AvgIpc) is 2.65. The van der Waals surface area contributed by atoms with Gasteiger partial charge in [0.2, 0.25) is 0 Å². The molecule has 1 aromatic heterocycles. The molecule has 3 rings (SSSR count). The summed E-state index contributed by atoms with van der Waals surface area (Å²) in [6.07, 6.45) is 3.39. The quantitative estimate of drug-likeness (QED) is 0.871. The third-order valence-electron chi connectivity index (χ3n) is 3.20. The maximum absolute atomic E-state index is 11.7. The van der Waals surface area contributed by atoms with Crippen molar-refractivity contribution in [3.05, 3.63) is 23.8 Å². The average molecular weight is 261 g/mol. The second-order valence-corrected chi connectivity index (χ2v) is 5.75. The van der Waals surface area contributed by atoms with E-state index in [-0.39, 0.29) is 6.03 Å². The maximum Gasteiger partial charge on any atom is 0.321 e. The van der Waals surface area contributed by atoms with Crippen LogP contribution in [0.5, 0.6) is 0 Å². The number of thiazole rings is 1. The van der Waals surface area contributed by atoms with E-state index in [1.807, 2.05) is 12.1 Å². The standard InChI is InChI=1S/C13H15N3OS/c1-8-5-6-10-11(7-8)18-13(15-10)16-12(17)14-9-3-2-4-9/h5-7,9H,2-4H2,1H3,(H2,14,15,16,17). The van der Waals surface area contributed by atoms with Gasteiger partial charge in [-0.05, 0) is 43.9 Å². The molecule has 1 aliphatic carbocycles. The number of carbonyl (C=O) groups excluding carboxylic acids is 1. The van der Waals surface area contributed by atoms with Gasteiger partial charge in [-0.1, -0.05) is 17.4 Å². The number of fused-ring (bicyclic) bond motifs is 1. The number of nitrogens with one attached hydrogen (secondary N) is 2. The van der Waals surface area contributed by atoms with Crippen molar-refractivity contribution in [2.75, 3.05) is 5.32 Å². The highest BCUT2D eigenvalue weighted by Gasteiger charge is 2.19. The number of amides is 2. The van der Waals surface area contributed by atoms with Gasteiger partial charge in [0.25, 0.3) is 0 Å². The number of anilines is 1. The van der Waals surface area contributed by atoms with E-state index in [4.69, 9.17) is 0 Å². The van der Waals surface area contributed by atoms with Crippen LogP contribution in [0, 0.1) is 6.92 Å². The number of rotatable bonds is 2. The molecule has 18 heavy (non-hydrogen) atoms. The van der Waals surface area contributed by atoms with Gasteiger partial charge in [-0.3, -0.25) is 5.32 Å². The first kappa shape index (κ1) is 11.5. The molecule has 0 unspecified atom stereocenters. The van der Waals surface area contributed by atoms with Crippen LogP contribution >= 0.6 is 11.3 Å². The van der Waals surface area contributed by atoms with Crippen LogP contribution in [-0.4, -0.2) is 17.1 Å². The fourth-order valence-corrected chi connectivity index (χ4v) is 2.92. The predicted molar refractivity (Wildman–Crippen MR) is 74.2 cm³/mol. The van der Waals surface area contributed by atoms with Crippen molar-refractivity contribution >= 4 is 32.7 Å². The molecule has 1 saturated carbocycles. The Morgan fingerprint density at radius 2 is 2.28 bits per heavy atom. The van der Waals surface area contributed by atoms with Gasteiger partial charge in [-0.15, -0.1) is 0 Å². The molecule has 2 N–H and O–H groups in total. The fourth-order valence-electron chi connectivity index (χ4n) is 1.96. The van der Waals surface area contributed by atoms with Crippen molar-refractivity contribution in [1.29, 1.82) is 0 Å². The van der Waals surface area contributed by atoms with Crippen molar-refractivity contribution in [3.8, 4) is 0 Å². The molecule has 0 spiro atoms. The van der Waals surface area contributed by atoms with E-state index < -0.39 is 0 Å². The van der Waals surface area contributed by atoms with Crippen molar-refractivity contribution in [2.45, 2.75) is 32.2 Å². The minimum atomic E-state index is -0.143. The van der Waals surface area contributed by atoms with Crippen molar-refractivity contribution in [1.82, 2.24) is 10.3 Å². The Morgan fingerprint density at radius 3 is 3.00 bits per heavy atom. The smallest absolute Gasteiger partial charge is 0.321 e. The molecule has 0 radical (unpaired) electrons. The van der Waals surface area contributed by atoms with Gasteiger partial charge in [-0.25, -0.2) is 9.78 Å². The SMILES string of the molecule is Cc1ccc2nc(NC(=O)NC3CCC3)sc2c1. The van der Waals surface area contributed by atoms with Crippen molar-refractivity contribution in [3.63, 3.8) is 0 Å². The number of nitrogens with zero attached hydrogens (tertiary/aromatic N) is 1. The number of aromatic nitrogens is 1. The third kappa shape index (κ3) is 2.31. The van der Waals surface area contributed by atoms with Gasteiger partial charge >= 0.3 is 6.03 Å². The molecule has 2 amide bonds. The first-order valence-corrected chi connectivity index (χ1v) is 6.97. The van der Waals surface area contributed by atoms with Crippen LogP contribution < -0.4 is 10.6 Å². The third-order valence-corrected chi connectivity index (χ3v) is 4.14. The number of aryl methyl sites for hydroxylation is 1. The largest absolute Gasteiger partial charge is 0.335 e. The molecule has 0 aliphatic heterocycles. The number of hydrogen-bond donors (Lipinski definition) is 2. The Bertz CT molecular complexity index is 589. The molecule has 1 aliphatic rings. The second kappa shape index (κ2) is 4.57. The van der Waals surface area contributed by atoms with Gasteiger partial charge < -0.3 is 5.32 Å². The predicted octanol–water partition coefficient (Wildman–Crippen LogP) is 3.28. The minimum Gasteiger partial charge on any atom is -0.335 e. The highest BCUT2D eigenvalue weighted by Crippen LogP contribution is 2.26. The minimum absolute atomic E-state index is 0.143. The van der Waals surface area contributed by atoms with Crippen LogP contribution in [0.15, 0.2) is 18.2 Å². The first-order chi connectivity index (χ1) is 8.70. The number of urea groups is 1. The van der Waals surface area contributed by atoms with Gasteiger partial charge in [0, 0.05) is 6.04 Å². The van der Waals surface area contributed by atoms with Crippen molar-refractivity contribution in [2.24, 2.45) is 0 Å². The number of carbonyl (C=O) groups is 1. The summed E-state index contributed by atoms with van der Waals surface area (Å²) in [6.45, 7) is 2.05. The topological polar surface area (TPSA) is 54.0 Å². The van der Waals surface area contributed by atoms with E-state index in [1.54, 1.807) is 0 Å².